The second kappa shape index (κ2) is 14.9. The van der Waals surface area contributed by atoms with Crippen molar-refractivity contribution in [2.24, 2.45) is 11.0 Å². The minimum Gasteiger partial charge on any atom is -0.340 e. The number of urea groups is 1. The van der Waals surface area contributed by atoms with Gasteiger partial charge in [0.05, 0.1) is 12.3 Å². The summed E-state index contributed by atoms with van der Waals surface area (Å²) in [6, 6.07) is 9.38. The first kappa shape index (κ1) is 33.0. The third-order valence-corrected chi connectivity index (χ3v) is 9.44. The molecule has 2 aromatic rings. The molecule has 1 aromatic heterocycles. The summed E-state index contributed by atoms with van der Waals surface area (Å²) in [6.45, 7) is 7.40. The van der Waals surface area contributed by atoms with Crippen molar-refractivity contribution >= 4 is 41.1 Å². The highest BCUT2D eigenvalue weighted by Crippen LogP contribution is 2.24. The third-order valence-electron chi connectivity index (χ3n) is 9.44. The van der Waals surface area contributed by atoms with Gasteiger partial charge < -0.3 is 15.1 Å². The van der Waals surface area contributed by atoms with Crippen LogP contribution in [0.4, 0.5) is 10.5 Å². The summed E-state index contributed by atoms with van der Waals surface area (Å²) in [7, 11) is 0. The van der Waals surface area contributed by atoms with E-state index in [1.54, 1.807) is 22.3 Å². The van der Waals surface area contributed by atoms with Crippen molar-refractivity contribution < 1.29 is 24.0 Å². The summed E-state index contributed by atoms with van der Waals surface area (Å²) < 4.78 is 0. The summed E-state index contributed by atoms with van der Waals surface area (Å²) >= 11 is 0. The summed E-state index contributed by atoms with van der Waals surface area (Å²) in [4.78, 5) is 73.0. The average Bonchev–Trinajstić information content (AvgIpc) is 3.67. The van der Waals surface area contributed by atoms with Gasteiger partial charge in [-0.25, -0.2) is 9.80 Å². The van der Waals surface area contributed by atoms with Crippen LogP contribution in [0.1, 0.15) is 55.7 Å². The van der Waals surface area contributed by atoms with Crippen LogP contribution >= 0.6 is 0 Å². The number of nitrogens with one attached hydrogen (secondary N) is 1. The van der Waals surface area contributed by atoms with E-state index in [9.17, 15) is 24.0 Å². The van der Waals surface area contributed by atoms with Gasteiger partial charge in [-0.1, -0.05) is 25.5 Å². The zero-order valence-electron chi connectivity index (χ0n) is 27.3. The number of carbonyl (C=O) groups is 5. The zero-order chi connectivity index (χ0) is 33.6. The Labute approximate surface area is 280 Å². The van der Waals surface area contributed by atoms with Crippen LogP contribution in [0, 0.1) is 5.92 Å². The van der Waals surface area contributed by atoms with Gasteiger partial charge in [0, 0.05) is 101 Å². The van der Waals surface area contributed by atoms with Crippen LogP contribution in [0.15, 0.2) is 60.0 Å². The molecule has 1 aromatic carbocycles. The lowest BCUT2D eigenvalue weighted by Crippen LogP contribution is -2.50. The van der Waals surface area contributed by atoms with E-state index in [-0.39, 0.29) is 35.6 Å². The van der Waals surface area contributed by atoms with Crippen LogP contribution in [0.3, 0.4) is 0 Å². The molecule has 0 saturated carbocycles. The minimum atomic E-state index is -0.266. The maximum Gasteiger partial charge on any atom is 0.322 e. The highest BCUT2D eigenvalue weighted by Gasteiger charge is 2.29. The van der Waals surface area contributed by atoms with Gasteiger partial charge in [0.1, 0.15) is 0 Å². The molecular weight excluding hydrogens is 612 g/mol. The second-order valence-electron chi connectivity index (χ2n) is 12.8. The number of hydrogen-bond donors (Lipinski definition) is 1. The van der Waals surface area contributed by atoms with Gasteiger partial charge in [0.2, 0.25) is 11.8 Å². The number of hydrazone groups is 1. The lowest BCUT2D eigenvalue weighted by Gasteiger charge is -2.36. The number of piperazine rings is 1. The van der Waals surface area contributed by atoms with Gasteiger partial charge in [0.25, 0.3) is 11.8 Å². The molecule has 1 saturated heterocycles. The van der Waals surface area contributed by atoms with Crippen molar-refractivity contribution in [1.29, 1.82) is 0 Å². The van der Waals surface area contributed by atoms with Crippen molar-refractivity contribution in [3.05, 3.63) is 71.6 Å². The van der Waals surface area contributed by atoms with Crippen LogP contribution in [0.2, 0.25) is 0 Å². The Bertz CT molecular complexity index is 1570. The SMILES string of the molecule is CC1CC(=O)N(CCN2CCN(C(=O)CCCCCN3C(=O)C=CC3=O)CC2)N=C1c1ccc(NC(=O)N2Cc3ccncc3C2)cc1. The van der Waals surface area contributed by atoms with Gasteiger partial charge in [-0.05, 0) is 47.7 Å². The molecule has 4 aliphatic heterocycles. The van der Waals surface area contributed by atoms with Gasteiger partial charge in [-0.2, -0.15) is 5.10 Å². The van der Waals surface area contributed by atoms with Crippen LogP contribution in [-0.2, 0) is 32.3 Å². The molecule has 13 nitrogen and oxygen atoms in total. The molecule has 0 spiro atoms. The van der Waals surface area contributed by atoms with E-state index in [1.165, 1.54) is 17.1 Å². The minimum absolute atomic E-state index is 0.000447. The van der Waals surface area contributed by atoms with Gasteiger partial charge in [-0.3, -0.25) is 34.0 Å². The lowest BCUT2D eigenvalue weighted by molar-refractivity contribution is -0.137. The first-order valence-corrected chi connectivity index (χ1v) is 16.8. The fourth-order valence-corrected chi connectivity index (χ4v) is 6.55. The third kappa shape index (κ3) is 7.79. The molecule has 6 amide bonds. The molecule has 0 bridgehead atoms. The number of pyridine rings is 1. The molecule has 1 fully saturated rings. The number of anilines is 1. The Balaban J connectivity index is 0.925. The quantitative estimate of drug-likeness (QED) is 0.291. The highest BCUT2D eigenvalue weighted by molar-refractivity contribution is 6.12. The highest BCUT2D eigenvalue weighted by atomic mass is 16.2. The van der Waals surface area contributed by atoms with E-state index in [1.807, 2.05) is 42.2 Å². The number of rotatable bonds is 11. The van der Waals surface area contributed by atoms with Crippen LogP contribution in [0.5, 0.6) is 0 Å². The number of amides is 6. The summed E-state index contributed by atoms with van der Waals surface area (Å²) in [5, 5.41) is 9.31. The fourth-order valence-electron chi connectivity index (χ4n) is 6.55. The molecule has 6 rings (SSSR count). The number of imide groups is 1. The smallest absolute Gasteiger partial charge is 0.322 e. The van der Waals surface area contributed by atoms with Crippen LogP contribution in [0.25, 0.3) is 0 Å². The summed E-state index contributed by atoms with van der Waals surface area (Å²) in [6.07, 6.45) is 9.16. The number of benzene rings is 1. The molecule has 0 aliphatic carbocycles. The largest absolute Gasteiger partial charge is 0.340 e. The molecule has 4 aliphatic rings. The summed E-state index contributed by atoms with van der Waals surface area (Å²) in [5.74, 6) is -0.429. The van der Waals surface area contributed by atoms with E-state index in [2.05, 4.69) is 15.2 Å². The van der Waals surface area contributed by atoms with Crippen molar-refractivity contribution in [2.75, 3.05) is 51.1 Å². The Morgan fingerprint density at radius 1 is 0.833 bits per heavy atom. The van der Waals surface area contributed by atoms with E-state index in [4.69, 9.17) is 5.10 Å². The van der Waals surface area contributed by atoms with Crippen molar-refractivity contribution in [2.45, 2.75) is 52.1 Å². The Morgan fingerprint density at radius 2 is 1.56 bits per heavy atom. The number of aromatic nitrogens is 1. The van der Waals surface area contributed by atoms with E-state index < -0.39 is 0 Å². The van der Waals surface area contributed by atoms with Crippen molar-refractivity contribution in [3.63, 3.8) is 0 Å². The van der Waals surface area contributed by atoms with E-state index >= 15 is 0 Å². The monoisotopic (exact) mass is 654 g/mol. The van der Waals surface area contributed by atoms with Crippen LogP contribution in [-0.4, -0.2) is 111 Å². The number of nitrogens with zero attached hydrogens (tertiary/aromatic N) is 7. The zero-order valence-corrected chi connectivity index (χ0v) is 27.3. The predicted octanol–water partition coefficient (Wildman–Crippen LogP) is 2.83. The second-order valence-corrected chi connectivity index (χ2v) is 12.8. The molecule has 252 valence electrons. The number of hydrogen-bond acceptors (Lipinski definition) is 8. The molecular formula is C35H42N8O5. The average molecular weight is 655 g/mol. The van der Waals surface area contributed by atoms with Gasteiger partial charge in [-0.15, -0.1) is 0 Å². The predicted molar refractivity (Wildman–Crippen MR) is 178 cm³/mol. The normalized spacial score (nSPS) is 19.6. The molecule has 1 atom stereocenters. The molecule has 1 unspecified atom stereocenters. The topological polar surface area (TPSA) is 139 Å². The Morgan fingerprint density at radius 3 is 2.29 bits per heavy atom. The van der Waals surface area contributed by atoms with E-state index in [0.717, 1.165) is 48.3 Å². The fraction of sp³-hybridized carbons (Fsp3) is 0.457. The maximum absolute atomic E-state index is 12.9. The molecule has 13 heteroatoms. The number of unbranched alkanes of at least 4 members (excludes halogenated alkanes) is 2. The first-order chi connectivity index (χ1) is 23.2. The Hall–Kier alpha value is -4.91. The number of carbonyl (C=O) groups excluding carboxylic acids is 5. The maximum atomic E-state index is 12.9. The molecule has 1 N–H and O–H groups in total. The van der Waals surface area contributed by atoms with Crippen molar-refractivity contribution in [1.82, 2.24) is 29.6 Å². The molecule has 5 heterocycles. The van der Waals surface area contributed by atoms with Crippen LogP contribution < -0.4 is 5.32 Å². The Kier molecular flexibility index (Phi) is 10.2. The molecule has 0 radical (unpaired) electrons. The van der Waals surface area contributed by atoms with Gasteiger partial charge >= 0.3 is 6.03 Å². The molecule has 48 heavy (non-hydrogen) atoms. The lowest BCUT2D eigenvalue weighted by atomic mass is 9.93. The van der Waals surface area contributed by atoms with Crippen molar-refractivity contribution in [3.8, 4) is 0 Å². The van der Waals surface area contributed by atoms with E-state index in [0.29, 0.717) is 70.8 Å². The summed E-state index contributed by atoms with van der Waals surface area (Å²) in [5.41, 5.74) is 4.64. The standard InChI is InChI=1S/C35H42N8O5/c1-25-21-33(47)43(20-17-39-15-18-40(19-16-39)30(44)5-3-2-4-14-42-31(45)10-11-32(42)46)38-34(25)26-6-8-29(9-7-26)37-35(48)41-23-27-12-13-36-22-28(27)24-41/h6-13,22,25H,2-5,14-21,23-24H2,1H3,(H,37,48). The van der Waals surface area contributed by atoms with Gasteiger partial charge in [0.15, 0.2) is 0 Å². The number of fused-ring (bicyclic) bond motifs is 1. The first-order valence-electron chi connectivity index (χ1n) is 16.8.